The maximum atomic E-state index is 11.6. The number of nitro benzene ring substituents is 1. The third-order valence-electron chi connectivity index (χ3n) is 2.94. The lowest BCUT2D eigenvalue weighted by Crippen LogP contribution is -2.34. The van der Waals surface area contributed by atoms with Crippen LogP contribution in [-0.2, 0) is 4.79 Å². The van der Waals surface area contributed by atoms with Crippen molar-refractivity contribution >= 4 is 17.7 Å². The Morgan fingerprint density at radius 1 is 1.42 bits per heavy atom. The molecule has 2 N–H and O–H groups in total. The molecule has 1 aliphatic heterocycles. The van der Waals surface area contributed by atoms with Crippen molar-refractivity contribution in [3.8, 4) is 0 Å². The summed E-state index contributed by atoms with van der Waals surface area (Å²) in [6, 6.07) is 6.24. The molecule has 19 heavy (non-hydrogen) atoms. The number of rotatable bonds is 4. The van der Waals surface area contributed by atoms with Gasteiger partial charge in [-0.3, -0.25) is 14.9 Å². The highest BCUT2D eigenvalue weighted by Gasteiger charge is 2.14. The van der Waals surface area contributed by atoms with E-state index in [1.54, 1.807) is 18.2 Å². The molecular formula is C13H15N3O3. The Kier molecular flexibility index (Phi) is 4.25. The lowest BCUT2D eigenvalue weighted by molar-refractivity contribution is -0.384. The number of nitro groups is 1. The molecule has 1 aromatic rings. The molecule has 6 nitrogen and oxygen atoms in total. The zero-order chi connectivity index (χ0) is 13.7. The fraction of sp³-hybridized carbons (Fsp3) is 0.308. The Morgan fingerprint density at radius 2 is 2.16 bits per heavy atom. The maximum absolute atomic E-state index is 11.6. The summed E-state index contributed by atoms with van der Waals surface area (Å²) in [4.78, 5) is 21.7. The number of nitrogens with one attached hydrogen (secondary N) is 2. The molecule has 1 atom stereocenters. The highest BCUT2D eigenvalue weighted by molar-refractivity contribution is 5.91. The Morgan fingerprint density at radius 3 is 2.74 bits per heavy atom. The second-order valence-electron chi connectivity index (χ2n) is 4.38. The SMILES string of the molecule is O=C(C=Cc1ccc([N+](=O)[O-])cc1)NC1CCNC1. The van der Waals surface area contributed by atoms with Crippen LogP contribution in [0.3, 0.4) is 0 Å². The number of carbonyl (C=O) groups is 1. The van der Waals surface area contributed by atoms with Crippen LogP contribution < -0.4 is 10.6 Å². The number of hydrogen-bond acceptors (Lipinski definition) is 4. The summed E-state index contributed by atoms with van der Waals surface area (Å²) < 4.78 is 0. The number of amides is 1. The Hall–Kier alpha value is -2.21. The lowest BCUT2D eigenvalue weighted by atomic mass is 10.2. The molecule has 2 rings (SSSR count). The third-order valence-corrected chi connectivity index (χ3v) is 2.94. The van der Waals surface area contributed by atoms with E-state index in [2.05, 4.69) is 10.6 Å². The van der Waals surface area contributed by atoms with Gasteiger partial charge in [-0.05, 0) is 36.7 Å². The van der Waals surface area contributed by atoms with Gasteiger partial charge in [0.15, 0.2) is 0 Å². The van der Waals surface area contributed by atoms with Crippen LogP contribution in [0.1, 0.15) is 12.0 Å². The first-order chi connectivity index (χ1) is 9.15. The second-order valence-corrected chi connectivity index (χ2v) is 4.38. The van der Waals surface area contributed by atoms with Crippen molar-refractivity contribution in [3.63, 3.8) is 0 Å². The van der Waals surface area contributed by atoms with Crippen LogP contribution in [0.2, 0.25) is 0 Å². The van der Waals surface area contributed by atoms with E-state index in [-0.39, 0.29) is 17.6 Å². The first kappa shape index (κ1) is 13.2. The topological polar surface area (TPSA) is 84.3 Å². The van der Waals surface area contributed by atoms with E-state index in [0.717, 1.165) is 25.1 Å². The predicted molar refractivity (Wildman–Crippen MR) is 71.5 cm³/mol. The van der Waals surface area contributed by atoms with Crippen molar-refractivity contribution in [2.75, 3.05) is 13.1 Å². The predicted octanol–water partition coefficient (Wildman–Crippen LogP) is 1.09. The standard InChI is InChI=1S/C13H15N3O3/c17-13(15-11-7-8-14-9-11)6-3-10-1-4-12(5-2-10)16(18)19/h1-6,11,14H,7-9H2,(H,15,17). The van der Waals surface area contributed by atoms with E-state index in [4.69, 9.17) is 0 Å². The van der Waals surface area contributed by atoms with Gasteiger partial charge in [-0.25, -0.2) is 0 Å². The quantitative estimate of drug-likeness (QED) is 0.482. The van der Waals surface area contributed by atoms with Crippen molar-refractivity contribution in [3.05, 3.63) is 46.0 Å². The summed E-state index contributed by atoms with van der Waals surface area (Å²) >= 11 is 0. The van der Waals surface area contributed by atoms with Gasteiger partial charge in [-0.2, -0.15) is 0 Å². The van der Waals surface area contributed by atoms with E-state index in [0.29, 0.717) is 0 Å². The van der Waals surface area contributed by atoms with Crippen molar-refractivity contribution in [1.82, 2.24) is 10.6 Å². The molecule has 0 aliphatic carbocycles. The molecule has 1 unspecified atom stereocenters. The first-order valence-corrected chi connectivity index (χ1v) is 6.09. The Bertz CT molecular complexity index is 490. The number of carbonyl (C=O) groups excluding carboxylic acids is 1. The summed E-state index contributed by atoms with van der Waals surface area (Å²) in [7, 11) is 0. The molecule has 1 heterocycles. The molecular weight excluding hydrogens is 246 g/mol. The van der Waals surface area contributed by atoms with Gasteiger partial charge in [0.05, 0.1) is 4.92 Å². The second kappa shape index (κ2) is 6.10. The molecule has 1 saturated heterocycles. The molecule has 6 heteroatoms. The molecule has 100 valence electrons. The number of non-ortho nitro benzene ring substituents is 1. The minimum atomic E-state index is -0.451. The lowest BCUT2D eigenvalue weighted by Gasteiger charge is -2.08. The zero-order valence-electron chi connectivity index (χ0n) is 10.3. The van der Waals surface area contributed by atoms with Gasteiger partial charge in [0.25, 0.3) is 5.69 Å². The van der Waals surface area contributed by atoms with Crippen LogP contribution in [-0.4, -0.2) is 30.0 Å². The van der Waals surface area contributed by atoms with E-state index >= 15 is 0 Å². The van der Waals surface area contributed by atoms with Gasteiger partial charge in [-0.1, -0.05) is 0 Å². The summed E-state index contributed by atoms with van der Waals surface area (Å²) in [6.07, 6.45) is 4.03. The van der Waals surface area contributed by atoms with Gasteiger partial charge in [-0.15, -0.1) is 0 Å². The number of hydrogen-bond donors (Lipinski definition) is 2. The Labute approximate surface area is 110 Å². The maximum Gasteiger partial charge on any atom is 0.269 e. The van der Waals surface area contributed by atoms with E-state index in [1.165, 1.54) is 18.2 Å². The fourth-order valence-corrected chi connectivity index (χ4v) is 1.91. The van der Waals surface area contributed by atoms with Gasteiger partial charge < -0.3 is 10.6 Å². The molecule has 0 saturated carbocycles. The van der Waals surface area contributed by atoms with Crippen molar-refractivity contribution < 1.29 is 9.72 Å². The highest BCUT2D eigenvalue weighted by Crippen LogP contribution is 2.12. The molecule has 0 radical (unpaired) electrons. The van der Waals surface area contributed by atoms with Crippen LogP contribution in [0.4, 0.5) is 5.69 Å². The minimum absolute atomic E-state index is 0.0404. The van der Waals surface area contributed by atoms with Crippen LogP contribution in [0.25, 0.3) is 6.08 Å². The highest BCUT2D eigenvalue weighted by atomic mass is 16.6. The van der Waals surface area contributed by atoms with Gasteiger partial charge in [0, 0.05) is 30.8 Å². The van der Waals surface area contributed by atoms with Crippen LogP contribution in [0, 0.1) is 10.1 Å². The molecule has 1 fully saturated rings. The molecule has 1 aromatic carbocycles. The number of nitrogens with zero attached hydrogens (tertiary/aromatic N) is 1. The van der Waals surface area contributed by atoms with Gasteiger partial charge in [0.1, 0.15) is 0 Å². The van der Waals surface area contributed by atoms with Gasteiger partial charge >= 0.3 is 0 Å². The average molecular weight is 261 g/mol. The Balaban J connectivity index is 1.90. The molecule has 0 spiro atoms. The molecule has 0 aromatic heterocycles. The summed E-state index contributed by atoms with van der Waals surface area (Å²) in [5.74, 6) is -0.146. The van der Waals surface area contributed by atoms with E-state index in [9.17, 15) is 14.9 Å². The van der Waals surface area contributed by atoms with E-state index < -0.39 is 4.92 Å². The van der Waals surface area contributed by atoms with Crippen molar-refractivity contribution in [1.29, 1.82) is 0 Å². The molecule has 1 aliphatic rings. The molecule has 0 bridgehead atoms. The fourth-order valence-electron chi connectivity index (χ4n) is 1.91. The largest absolute Gasteiger partial charge is 0.348 e. The van der Waals surface area contributed by atoms with Crippen LogP contribution in [0.5, 0.6) is 0 Å². The third kappa shape index (κ3) is 3.89. The monoisotopic (exact) mass is 261 g/mol. The summed E-state index contributed by atoms with van der Waals surface area (Å²) in [5.41, 5.74) is 0.795. The van der Waals surface area contributed by atoms with Crippen molar-refractivity contribution in [2.45, 2.75) is 12.5 Å². The first-order valence-electron chi connectivity index (χ1n) is 6.09. The normalized spacial score (nSPS) is 18.6. The van der Waals surface area contributed by atoms with Crippen LogP contribution in [0.15, 0.2) is 30.3 Å². The number of benzene rings is 1. The van der Waals surface area contributed by atoms with Crippen molar-refractivity contribution in [2.24, 2.45) is 0 Å². The van der Waals surface area contributed by atoms with E-state index in [1.807, 2.05) is 0 Å². The summed E-state index contributed by atoms with van der Waals surface area (Å²) in [5, 5.41) is 16.5. The molecule has 1 amide bonds. The van der Waals surface area contributed by atoms with Crippen LogP contribution >= 0.6 is 0 Å². The summed E-state index contributed by atoms with van der Waals surface area (Å²) in [6.45, 7) is 1.73. The average Bonchev–Trinajstić information content (AvgIpc) is 2.89. The van der Waals surface area contributed by atoms with Gasteiger partial charge in [0.2, 0.25) is 5.91 Å². The zero-order valence-corrected chi connectivity index (χ0v) is 10.3. The smallest absolute Gasteiger partial charge is 0.269 e. The minimum Gasteiger partial charge on any atom is -0.348 e.